The summed E-state index contributed by atoms with van der Waals surface area (Å²) in [5, 5.41) is 9.46. The van der Waals surface area contributed by atoms with Gasteiger partial charge < -0.3 is 15.6 Å². The maximum Gasteiger partial charge on any atom is 0.123 e. The summed E-state index contributed by atoms with van der Waals surface area (Å²) in [6.07, 6.45) is 0. The highest BCUT2D eigenvalue weighted by molar-refractivity contribution is 6.30. The summed E-state index contributed by atoms with van der Waals surface area (Å²) >= 11 is 5.78. The van der Waals surface area contributed by atoms with E-state index in [9.17, 15) is 0 Å². The summed E-state index contributed by atoms with van der Waals surface area (Å²) in [5.74, 6) is 0.644. The van der Waals surface area contributed by atoms with Crippen molar-refractivity contribution in [1.29, 1.82) is 0 Å². The van der Waals surface area contributed by atoms with Gasteiger partial charge in [0.25, 0.3) is 0 Å². The number of aliphatic hydroxyl groups is 1. The fourth-order valence-electron chi connectivity index (χ4n) is 1.09. The van der Waals surface area contributed by atoms with Gasteiger partial charge in [-0.3, -0.25) is 0 Å². The molecule has 0 saturated carbocycles. The third-order valence-corrected chi connectivity index (χ3v) is 2.02. The van der Waals surface area contributed by atoms with E-state index in [-0.39, 0.29) is 6.61 Å². The molecule has 0 fully saturated rings. The molecule has 3 nitrogen and oxygen atoms in total. The second-order valence-electron chi connectivity index (χ2n) is 2.68. The molecule has 0 aromatic heterocycles. The molecule has 0 spiro atoms. The zero-order valence-electron chi connectivity index (χ0n) is 7.33. The lowest BCUT2D eigenvalue weighted by atomic mass is 10.1. The molecule has 0 unspecified atom stereocenters. The second kappa shape index (κ2) is 4.46. The molecule has 0 aliphatic heterocycles. The molecule has 0 heterocycles. The Balaban J connectivity index is 3.07. The summed E-state index contributed by atoms with van der Waals surface area (Å²) in [5.41, 5.74) is 6.37. The van der Waals surface area contributed by atoms with E-state index in [1.54, 1.807) is 25.3 Å². The molecule has 13 heavy (non-hydrogen) atoms. The topological polar surface area (TPSA) is 55.5 Å². The van der Waals surface area contributed by atoms with Gasteiger partial charge in [0.15, 0.2) is 0 Å². The number of hydrogen-bond acceptors (Lipinski definition) is 3. The van der Waals surface area contributed by atoms with Crippen LogP contribution in [0.3, 0.4) is 0 Å². The van der Waals surface area contributed by atoms with Crippen LogP contribution in [0.15, 0.2) is 18.2 Å². The Morgan fingerprint density at radius 3 is 2.85 bits per heavy atom. The Labute approximate surface area is 82.1 Å². The maximum absolute atomic E-state index is 8.88. The van der Waals surface area contributed by atoms with Crippen molar-refractivity contribution in [3.8, 4) is 5.75 Å². The fourth-order valence-corrected chi connectivity index (χ4v) is 1.27. The van der Waals surface area contributed by atoms with Gasteiger partial charge in [0, 0.05) is 10.6 Å². The molecule has 0 aliphatic carbocycles. The van der Waals surface area contributed by atoms with Crippen LogP contribution in [0.25, 0.3) is 0 Å². The minimum absolute atomic E-state index is 0.128. The predicted molar refractivity (Wildman–Crippen MR) is 52.0 cm³/mol. The number of benzene rings is 1. The second-order valence-corrected chi connectivity index (χ2v) is 3.11. The summed E-state index contributed by atoms with van der Waals surface area (Å²) in [7, 11) is 1.55. The van der Waals surface area contributed by atoms with E-state index in [1.165, 1.54) is 0 Å². The van der Waals surface area contributed by atoms with Gasteiger partial charge in [0.1, 0.15) is 5.75 Å². The lowest BCUT2D eigenvalue weighted by molar-refractivity contribution is 0.264. The third kappa shape index (κ3) is 2.34. The van der Waals surface area contributed by atoms with E-state index in [0.29, 0.717) is 10.8 Å². The van der Waals surface area contributed by atoms with Crippen molar-refractivity contribution in [2.75, 3.05) is 13.7 Å². The largest absolute Gasteiger partial charge is 0.496 e. The van der Waals surface area contributed by atoms with E-state index in [4.69, 9.17) is 27.2 Å². The fraction of sp³-hybridized carbons (Fsp3) is 0.333. The SMILES string of the molecule is COc1ccc(Cl)cc1[C@@H](N)CO. The molecule has 4 heteroatoms. The normalized spacial score (nSPS) is 12.6. The molecule has 0 aliphatic rings. The minimum Gasteiger partial charge on any atom is -0.496 e. The monoisotopic (exact) mass is 201 g/mol. The van der Waals surface area contributed by atoms with Crippen LogP contribution in [0.5, 0.6) is 5.75 Å². The number of ether oxygens (including phenoxy) is 1. The molecule has 0 radical (unpaired) electrons. The third-order valence-electron chi connectivity index (χ3n) is 1.79. The summed E-state index contributed by atoms with van der Waals surface area (Å²) in [4.78, 5) is 0. The van der Waals surface area contributed by atoms with E-state index >= 15 is 0 Å². The molecule has 72 valence electrons. The van der Waals surface area contributed by atoms with E-state index in [1.807, 2.05) is 0 Å². The summed E-state index contributed by atoms with van der Waals surface area (Å²) in [6, 6.07) is 4.69. The van der Waals surface area contributed by atoms with Crippen molar-refractivity contribution in [2.24, 2.45) is 5.73 Å². The Bertz CT molecular complexity index is 291. The Morgan fingerprint density at radius 2 is 2.31 bits per heavy atom. The summed E-state index contributed by atoms with van der Waals surface area (Å²) < 4.78 is 5.07. The van der Waals surface area contributed by atoms with Crippen LogP contribution in [-0.4, -0.2) is 18.8 Å². The zero-order valence-corrected chi connectivity index (χ0v) is 8.08. The van der Waals surface area contributed by atoms with Crippen LogP contribution >= 0.6 is 11.6 Å². The van der Waals surface area contributed by atoms with Crippen LogP contribution in [0.4, 0.5) is 0 Å². The zero-order chi connectivity index (χ0) is 9.84. The van der Waals surface area contributed by atoms with Gasteiger partial charge in [-0.15, -0.1) is 0 Å². The van der Waals surface area contributed by atoms with Crippen LogP contribution in [0, 0.1) is 0 Å². The molecular weight excluding hydrogens is 190 g/mol. The number of nitrogens with two attached hydrogens (primary N) is 1. The van der Waals surface area contributed by atoms with Gasteiger partial charge in [0.2, 0.25) is 0 Å². The Morgan fingerprint density at radius 1 is 1.62 bits per heavy atom. The summed E-state index contributed by atoms with van der Waals surface area (Å²) in [6.45, 7) is -0.128. The van der Waals surface area contributed by atoms with Crippen molar-refractivity contribution < 1.29 is 9.84 Å². The van der Waals surface area contributed by atoms with Gasteiger partial charge in [-0.05, 0) is 18.2 Å². The van der Waals surface area contributed by atoms with Crippen LogP contribution in [0.1, 0.15) is 11.6 Å². The first-order chi connectivity index (χ1) is 6.19. The molecule has 1 atom stereocenters. The first-order valence-corrected chi connectivity index (χ1v) is 4.26. The van der Waals surface area contributed by atoms with E-state index in [0.717, 1.165) is 5.56 Å². The maximum atomic E-state index is 8.88. The van der Waals surface area contributed by atoms with Crippen molar-refractivity contribution in [3.63, 3.8) is 0 Å². The van der Waals surface area contributed by atoms with Crippen molar-refractivity contribution in [3.05, 3.63) is 28.8 Å². The molecule has 0 saturated heterocycles. The number of hydrogen-bond donors (Lipinski definition) is 2. The predicted octanol–water partition coefficient (Wildman–Crippen LogP) is 1.34. The average Bonchev–Trinajstić information content (AvgIpc) is 2.16. The molecule has 3 N–H and O–H groups in total. The van der Waals surface area contributed by atoms with Gasteiger partial charge in [-0.2, -0.15) is 0 Å². The molecule has 1 aromatic carbocycles. The van der Waals surface area contributed by atoms with Crippen molar-refractivity contribution in [2.45, 2.75) is 6.04 Å². The first kappa shape index (κ1) is 10.3. The highest BCUT2D eigenvalue weighted by atomic mass is 35.5. The van der Waals surface area contributed by atoms with Crippen molar-refractivity contribution in [1.82, 2.24) is 0 Å². The smallest absolute Gasteiger partial charge is 0.123 e. The lowest BCUT2D eigenvalue weighted by Gasteiger charge is -2.13. The van der Waals surface area contributed by atoms with Gasteiger partial charge >= 0.3 is 0 Å². The number of aliphatic hydroxyl groups excluding tert-OH is 1. The highest BCUT2D eigenvalue weighted by Gasteiger charge is 2.10. The number of methoxy groups -OCH3 is 1. The number of halogens is 1. The van der Waals surface area contributed by atoms with E-state index < -0.39 is 6.04 Å². The Kier molecular flexibility index (Phi) is 3.54. The van der Waals surface area contributed by atoms with Gasteiger partial charge in [-0.1, -0.05) is 11.6 Å². The van der Waals surface area contributed by atoms with Crippen LogP contribution < -0.4 is 10.5 Å². The number of rotatable bonds is 3. The van der Waals surface area contributed by atoms with Crippen LogP contribution in [0.2, 0.25) is 5.02 Å². The molecule has 1 aromatic rings. The lowest BCUT2D eigenvalue weighted by Crippen LogP contribution is -2.15. The van der Waals surface area contributed by atoms with Gasteiger partial charge in [-0.25, -0.2) is 0 Å². The molecule has 0 amide bonds. The quantitative estimate of drug-likeness (QED) is 0.776. The minimum atomic E-state index is -0.450. The first-order valence-electron chi connectivity index (χ1n) is 3.89. The van der Waals surface area contributed by atoms with Gasteiger partial charge in [0.05, 0.1) is 19.8 Å². The van der Waals surface area contributed by atoms with Crippen molar-refractivity contribution >= 4 is 11.6 Å². The van der Waals surface area contributed by atoms with E-state index in [2.05, 4.69) is 0 Å². The Hall–Kier alpha value is -0.770. The molecular formula is C9H12ClNO2. The average molecular weight is 202 g/mol. The highest BCUT2D eigenvalue weighted by Crippen LogP contribution is 2.26. The standard InChI is InChI=1S/C9H12ClNO2/c1-13-9-3-2-6(10)4-7(9)8(11)5-12/h2-4,8,12H,5,11H2,1H3/t8-/m0/s1. The molecule has 0 bridgehead atoms. The molecule has 1 rings (SSSR count). The van der Waals surface area contributed by atoms with Crippen LogP contribution in [-0.2, 0) is 0 Å².